The number of carbonyl (C=O) groups is 2. The second-order valence-corrected chi connectivity index (χ2v) is 4.81. The van der Waals surface area contributed by atoms with Crippen LogP contribution in [0.3, 0.4) is 0 Å². The molecule has 1 heterocycles. The van der Waals surface area contributed by atoms with Gasteiger partial charge in [0.25, 0.3) is 0 Å². The highest BCUT2D eigenvalue weighted by molar-refractivity contribution is 6.00. The standard InChI is InChI=1S/C15H16FN3O2/c1-10-15(21)18-14(20)9-19(10)8-11-4-5-13(16)12(7-11)3-2-6-17/h4-5,7,10H,6,8-9,17H2,1H3,(H,18,20,21). The zero-order valence-corrected chi connectivity index (χ0v) is 11.6. The molecule has 0 aliphatic carbocycles. The quantitative estimate of drug-likeness (QED) is 0.593. The third-order valence-electron chi connectivity index (χ3n) is 3.28. The lowest BCUT2D eigenvalue weighted by atomic mass is 10.1. The summed E-state index contributed by atoms with van der Waals surface area (Å²) in [6.07, 6.45) is 0. The molecule has 2 amide bonds. The number of nitrogens with two attached hydrogens (primary N) is 1. The van der Waals surface area contributed by atoms with Gasteiger partial charge in [-0.2, -0.15) is 0 Å². The van der Waals surface area contributed by atoms with Crippen LogP contribution in [0, 0.1) is 17.7 Å². The van der Waals surface area contributed by atoms with Crippen molar-refractivity contribution in [2.24, 2.45) is 5.73 Å². The summed E-state index contributed by atoms with van der Waals surface area (Å²) >= 11 is 0. The van der Waals surface area contributed by atoms with Gasteiger partial charge in [0.15, 0.2) is 0 Å². The lowest BCUT2D eigenvalue weighted by Gasteiger charge is -2.31. The molecule has 1 atom stereocenters. The molecule has 1 fully saturated rings. The van der Waals surface area contributed by atoms with E-state index in [1.807, 2.05) is 0 Å². The summed E-state index contributed by atoms with van der Waals surface area (Å²) in [5.74, 6) is 4.20. The Bertz CT molecular complexity index is 634. The Morgan fingerprint density at radius 2 is 2.24 bits per heavy atom. The Kier molecular flexibility index (Phi) is 4.68. The van der Waals surface area contributed by atoms with Crippen molar-refractivity contribution in [1.82, 2.24) is 10.2 Å². The topological polar surface area (TPSA) is 75.4 Å². The molecule has 2 rings (SSSR count). The Morgan fingerprint density at radius 1 is 1.48 bits per heavy atom. The van der Waals surface area contributed by atoms with Gasteiger partial charge in [-0.05, 0) is 24.6 Å². The number of hydrogen-bond acceptors (Lipinski definition) is 4. The van der Waals surface area contributed by atoms with E-state index in [0.29, 0.717) is 6.54 Å². The van der Waals surface area contributed by atoms with Gasteiger partial charge in [0.05, 0.1) is 24.7 Å². The van der Waals surface area contributed by atoms with Gasteiger partial charge in [-0.1, -0.05) is 17.9 Å². The SMILES string of the molecule is CC1C(=O)NC(=O)CN1Cc1ccc(F)c(C#CCN)c1. The second-order valence-electron chi connectivity index (χ2n) is 4.81. The van der Waals surface area contributed by atoms with Crippen molar-refractivity contribution in [2.45, 2.75) is 19.5 Å². The lowest BCUT2D eigenvalue weighted by Crippen LogP contribution is -2.56. The first kappa shape index (κ1) is 15.2. The van der Waals surface area contributed by atoms with E-state index in [2.05, 4.69) is 17.2 Å². The van der Waals surface area contributed by atoms with Crippen LogP contribution in [0.25, 0.3) is 0 Å². The highest BCUT2D eigenvalue weighted by atomic mass is 19.1. The van der Waals surface area contributed by atoms with E-state index in [4.69, 9.17) is 5.73 Å². The van der Waals surface area contributed by atoms with E-state index >= 15 is 0 Å². The minimum Gasteiger partial charge on any atom is -0.320 e. The molecule has 6 heteroatoms. The van der Waals surface area contributed by atoms with Crippen molar-refractivity contribution >= 4 is 11.8 Å². The smallest absolute Gasteiger partial charge is 0.243 e. The number of rotatable bonds is 2. The maximum Gasteiger partial charge on any atom is 0.243 e. The van der Waals surface area contributed by atoms with Crippen molar-refractivity contribution in [3.8, 4) is 11.8 Å². The van der Waals surface area contributed by atoms with Crippen molar-refractivity contribution in [3.05, 3.63) is 35.1 Å². The molecular weight excluding hydrogens is 273 g/mol. The zero-order valence-electron chi connectivity index (χ0n) is 11.6. The summed E-state index contributed by atoms with van der Waals surface area (Å²) in [5, 5.41) is 2.28. The Hall–Kier alpha value is -2.23. The van der Waals surface area contributed by atoms with Gasteiger partial charge in [-0.15, -0.1) is 0 Å². The Morgan fingerprint density at radius 3 is 2.95 bits per heavy atom. The van der Waals surface area contributed by atoms with Gasteiger partial charge in [0, 0.05) is 6.54 Å². The summed E-state index contributed by atoms with van der Waals surface area (Å²) < 4.78 is 13.6. The van der Waals surface area contributed by atoms with Crippen LogP contribution < -0.4 is 11.1 Å². The molecule has 1 unspecified atom stereocenters. The van der Waals surface area contributed by atoms with E-state index in [1.165, 1.54) is 6.07 Å². The number of piperazine rings is 1. The summed E-state index contributed by atoms with van der Waals surface area (Å²) in [5.41, 5.74) is 6.32. The first-order chi connectivity index (χ1) is 10.0. The van der Waals surface area contributed by atoms with Crippen LogP contribution in [0.2, 0.25) is 0 Å². The molecule has 5 nitrogen and oxygen atoms in total. The van der Waals surface area contributed by atoms with Gasteiger partial charge in [-0.3, -0.25) is 19.8 Å². The second kappa shape index (κ2) is 6.48. The zero-order chi connectivity index (χ0) is 15.4. The van der Waals surface area contributed by atoms with Crippen molar-refractivity contribution in [3.63, 3.8) is 0 Å². The lowest BCUT2D eigenvalue weighted by molar-refractivity contribution is -0.139. The van der Waals surface area contributed by atoms with Gasteiger partial charge in [0.1, 0.15) is 5.82 Å². The number of imide groups is 1. The van der Waals surface area contributed by atoms with Crippen molar-refractivity contribution in [1.29, 1.82) is 0 Å². The minimum absolute atomic E-state index is 0.133. The van der Waals surface area contributed by atoms with Gasteiger partial charge < -0.3 is 5.73 Å². The fraction of sp³-hybridized carbons (Fsp3) is 0.333. The van der Waals surface area contributed by atoms with E-state index in [1.54, 1.807) is 24.0 Å². The number of benzene rings is 1. The molecule has 0 spiro atoms. The van der Waals surface area contributed by atoms with Crippen LogP contribution in [0.1, 0.15) is 18.1 Å². The molecule has 1 aliphatic heterocycles. The number of nitrogens with zero attached hydrogens (tertiary/aromatic N) is 1. The number of carbonyl (C=O) groups excluding carboxylic acids is 2. The molecular formula is C15H16FN3O2. The number of nitrogens with one attached hydrogen (secondary N) is 1. The van der Waals surface area contributed by atoms with E-state index in [-0.39, 0.29) is 30.5 Å². The molecule has 0 saturated carbocycles. The maximum absolute atomic E-state index is 13.6. The van der Waals surface area contributed by atoms with Crippen LogP contribution in [0.5, 0.6) is 0 Å². The van der Waals surface area contributed by atoms with E-state index < -0.39 is 11.9 Å². The number of halogens is 1. The Labute approximate surface area is 122 Å². The van der Waals surface area contributed by atoms with E-state index in [0.717, 1.165) is 5.56 Å². The van der Waals surface area contributed by atoms with E-state index in [9.17, 15) is 14.0 Å². The van der Waals surface area contributed by atoms with Crippen LogP contribution >= 0.6 is 0 Å². The molecule has 0 bridgehead atoms. The molecule has 0 radical (unpaired) electrons. The molecule has 3 N–H and O–H groups in total. The first-order valence-electron chi connectivity index (χ1n) is 6.56. The molecule has 1 aromatic rings. The molecule has 110 valence electrons. The first-order valence-corrected chi connectivity index (χ1v) is 6.56. The van der Waals surface area contributed by atoms with Crippen molar-refractivity contribution < 1.29 is 14.0 Å². The fourth-order valence-electron chi connectivity index (χ4n) is 2.11. The third kappa shape index (κ3) is 3.66. The summed E-state index contributed by atoms with van der Waals surface area (Å²) in [4.78, 5) is 24.7. The molecule has 1 saturated heterocycles. The highest BCUT2D eigenvalue weighted by Gasteiger charge is 2.30. The van der Waals surface area contributed by atoms with Gasteiger partial charge in [0.2, 0.25) is 11.8 Å². The maximum atomic E-state index is 13.6. The molecule has 1 aromatic carbocycles. The summed E-state index contributed by atoms with van der Waals surface area (Å²) in [6.45, 7) is 2.38. The van der Waals surface area contributed by atoms with Crippen LogP contribution in [-0.4, -0.2) is 35.8 Å². The molecule has 1 aliphatic rings. The van der Waals surface area contributed by atoms with Gasteiger partial charge in [-0.25, -0.2) is 4.39 Å². The predicted molar refractivity (Wildman–Crippen MR) is 75.4 cm³/mol. The minimum atomic E-state index is -0.416. The normalized spacial score (nSPS) is 18.9. The Balaban J connectivity index is 2.19. The van der Waals surface area contributed by atoms with Crippen LogP contribution in [-0.2, 0) is 16.1 Å². The average molecular weight is 289 g/mol. The van der Waals surface area contributed by atoms with Gasteiger partial charge >= 0.3 is 0 Å². The number of amides is 2. The van der Waals surface area contributed by atoms with Crippen molar-refractivity contribution in [2.75, 3.05) is 13.1 Å². The fourth-order valence-corrected chi connectivity index (χ4v) is 2.11. The summed E-state index contributed by atoms with van der Waals surface area (Å²) in [7, 11) is 0. The summed E-state index contributed by atoms with van der Waals surface area (Å²) in [6, 6.07) is 4.15. The number of hydrogen-bond donors (Lipinski definition) is 2. The van der Waals surface area contributed by atoms with Crippen LogP contribution in [0.15, 0.2) is 18.2 Å². The predicted octanol–water partition coefficient (Wildman–Crippen LogP) is -0.0172. The van der Waals surface area contributed by atoms with Crippen LogP contribution in [0.4, 0.5) is 4.39 Å². The monoisotopic (exact) mass is 289 g/mol. The largest absolute Gasteiger partial charge is 0.320 e. The highest BCUT2D eigenvalue weighted by Crippen LogP contribution is 2.14. The molecule has 21 heavy (non-hydrogen) atoms. The average Bonchev–Trinajstić information content (AvgIpc) is 2.44. The molecule has 0 aromatic heterocycles. The third-order valence-corrected chi connectivity index (χ3v) is 3.28.